The van der Waals surface area contributed by atoms with E-state index in [-0.39, 0.29) is 11.3 Å². The number of anilines is 1. The van der Waals surface area contributed by atoms with E-state index in [1.165, 1.54) is 4.90 Å². The lowest BCUT2D eigenvalue weighted by Gasteiger charge is -2.26. The molecule has 1 fully saturated rings. The van der Waals surface area contributed by atoms with Crippen LogP contribution in [0.25, 0.3) is 5.76 Å². The standard InChI is InChI=1S/C30H31NO6/c1-4-16-36-24-10-6-8-20(18-24)27-26(28(32)21-9-7-11-25(19-21)37-17-5-2)29(33)30(34)31(27)22-12-14-23(35-3)15-13-22/h6-15,18-19,27,32H,4-5,16-17H2,1-3H3/b28-26-. The molecular formula is C30H31NO6. The number of hydrogen-bond donors (Lipinski definition) is 1. The molecule has 1 heterocycles. The highest BCUT2D eigenvalue weighted by atomic mass is 16.5. The third-order valence-electron chi connectivity index (χ3n) is 6.02. The van der Waals surface area contributed by atoms with Crippen molar-refractivity contribution < 1.29 is 28.9 Å². The number of amides is 1. The van der Waals surface area contributed by atoms with Gasteiger partial charge < -0.3 is 19.3 Å². The number of ketones is 1. The molecule has 0 bridgehead atoms. The number of methoxy groups -OCH3 is 1. The summed E-state index contributed by atoms with van der Waals surface area (Å²) in [6.07, 6.45) is 1.67. The summed E-state index contributed by atoms with van der Waals surface area (Å²) in [5.41, 5.74) is 1.54. The van der Waals surface area contributed by atoms with Crippen LogP contribution < -0.4 is 19.1 Å². The minimum Gasteiger partial charge on any atom is -0.507 e. The number of hydrogen-bond acceptors (Lipinski definition) is 6. The largest absolute Gasteiger partial charge is 0.507 e. The minimum absolute atomic E-state index is 0.00102. The highest BCUT2D eigenvalue weighted by Gasteiger charge is 2.47. The zero-order chi connectivity index (χ0) is 26.4. The van der Waals surface area contributed by atoms with Crippen molar-refractivity contribution in [2.75, 3.05) is 25.2 Å². The van der Waals surface area contributed by atoms with Gasteiger partial charge in [0.15, 0.2) is 0 Å². The van der Waals surface area contributed by atoms with E-state index in [4.69, 9.17) is 14.2 Å². The Hall–Kier alpha value is -4.26. The summed E-state index contributed by atoms with van der Waals surface area (Å²) < 4.78 is 16.8. The normalized spacial score (nSPS) is 16.6. The zero-order valence-corrected chi connectivity index (χ0v) is 21.3. The Morgan fingerprint density at radius 1 is 0.838 bits per heavy atom. The molecule has 4 rings (SSSR count). The van der Waals surface area contributed by atoms with Crippen molar-refractivity contribution >= 4 is 23.1 Å². The van der Waals surface area contributed by atoms with Gasteiger partial charge in [-0.2, -0.15) is 0 Å². The molecule has 1 aliphatic heterocycles. The first-order chi connectivity index (χ1) is 18.0. The Morgan fingerprint density at radius 3 is 2.08 bits per heavy atom. The van der Waals surface area contributed by atoms with Crippen molar-refractivity contribution in [3.63, 3.8) is 0 Å². The predicted octanol–water partition coefficient (Wildman–Crippen LogP) is 5.90. The van der Waals surface area contributed by atoms with Crippen LogP contribution in [0, 0.1) is 0 Å². The van der Waals surface area contributed by atoms with E-state index < -0.39 is 17.7 Å². The Bertz CT molecular complexity index is 1300. The molecule has 7 heteroatoms. The van der Waals surface area contributed by atoms with Gasteiger partial charge in [0.1, 0.15) is 23.0 Å². The van der Waals surface area contributed by atoms with E-state index in [1.54, 1.807) is 61.7 Å². The lowest BCUT2D eigenvalue weighted by atomic mass is 9.95. The van der Waals surface area contributed by atoms with Gasteiger partial charge in [-0.3, -0.25) is 14.5 Å². The fourth-order valence-corrected chi connectivity index (χ4v) is 4.26. The lowest BCUT2D eigenvalue weighted by molar-refractivity contribution is -0.132. The molecule has 1 atom stereocenters. The summed E-state index contributed by atoms with van der Waals surface area (Å²) in [6.45, 7) is 5.08. The molecule has 1 aliphatic rings. The molecular weight excluding hydrogens is 470 g/mol. The van der Waals surface area contributed by atoms with Crippen LogP contribution in [-0.4, -0.2) is 37.1 Å². The third-order valence-corrected chi connectivity index (χ3v) is 6.02. The van der Waals surface area contributed by atoms with Crippen LogP contribution in [0.1, 0.15) is 43.9 Å². The average Bonchev–Trinajstić information content (AvgIpc) is 3.20. The Kier molecular flexibility index (Phi) is 8.13. The maximum Gasteiger partial charge on any atom is 0.300 e. The van der Waals surface area contributed by atoms with E-state index in [1.807, 2.05) is 32.0 Å². The van der Waals surface area contributed by atoms with Gasteiger partial charge >= 0.3 is 0 Å². The van der Waals surface area contributed by atoms with Gasteiger partial charge in [-0.1, -0.05) is 38.1 Å². The van der Waals surface area contributed by atoms with Crippen molar-refractivity contribution in [3.8, 4) is 17.2 Å². The second-order valence-corrected chi connectivity index (χ2v) is 8.66. The molecule has 7 nitrogen and oxygen atoms in total. The molecule has 0 aromatic heterocycles. The molecule has 0 aliphatic carbocycles. The van der Waals surface area contributed by atoms with Gasteiger partial charge in [0.2, 0.25) is 0 Å². The van der Waals surface area contributed by atoms with Crippen LogP contribution in [0.2, 0.25) is 0 Å². The van der Waals surface area contributed by atoms with E-state index in [9.17, 15) is 14.7 Å². The molecule has 1 N–H and O–H groups in total. The number of ether oxygens (including phenoxy) is 3. The van der Waals surface area contributed by atoms with E-state index >= 15 is 0 Å². The number of aliphatic hydroxyl groups excluding tert-OH is 1. The van der Waals surface area contributed by atoms with Crippen molar-refractivity contribution in [1.29, 1.82) is 0 Å². The predicted molar refractivity (Wildman–Crippen MR) is 142 cm³/mol. The Morgan fingerprint density at radius 2 is 1.46 bits per heavy atom. The first-order valence-corrected chi connectivity index (χ1v) is 12.4. The molecule has 3 aromatic rings. The molecule has 0 spiro atoms. The summed E-state index contributed by atoms with van der Waals surface area (Å²) in [4.78, 5) is 28.2. The van der Waals surface area contributed by atoms with Crippen LogP contribution in [-0.2, 0) is 9.59 Å². The topological polar surface area (TPSA) is 85.3 Å². The molecule has 37 heavy (non-hydrogen) atoms. The summed E-state index contributed by atoms with van der Waals surface area (Å²) in [5, 5.41) is 11.4. The summed E-state index contributed by atoms with van der Waals surface area (Å²) in [6, 6.07) is 20.2. The van der Waals surface area contributed by atoms with Gasteiger partial charge in [-0.25, -0.2) is 0 Å². The Labute approximate surface area is 216 Å². The van der Waals surface area contributed by atoms with E-state index in [0.717, 1.165) is 12.8 Å². The smallest absolute Gasteiger partial charge is 0.300 e. The molecule has 1 unspecified atom stereocenters. The summed E-state index contributed by atoms with van der Waals surface area (Å²) in [5.74, 6) is 0.0569. The number of benzene rings is 3. The van der Waals surface area contributed by atoms with Crippen molar-refractivity contribution in [1.82, 2.24) is 0 Å². The van der Waals surface area contributed by atoms with Gasteiger partial charge in [0.25, 0.3) is 11.7 Å². The van der Waals surface area contributed by atoms with Crippen LogP contribution in [0.5, 0.6) is 17.2 Å². The molecule has 1 saturated heterocycles. The first-order valence-electron chi connectivity index (χ1n) is 12.4. The summed E-state index contributed by atoms with van der Waals surface area (Å²) in [7, 11) is 1.56. The van der Waals surface area contributed by atoms with Crippen molar-refractivity contribution in [2.45, 2.75) is 32.7 Å². The van der Waals surface area contributed by atoms with E-state index in [2.05, 4.69) is 0 Å². The number of carbonyl (C=O) groups is 2. The van der Waals surface area contributed by atoms with Gasteiger partial charge in [0, 0.05) is 11.3 Å². The molecule has 0 radical (unpaired) electrons. The van der Waals surface area contributed by atoms with E-state index in [0.29, 0.717) is 47.3 Å². The monoisotopic (exact) mass is 501 g/mol. The molecule has 3 aromatic carbocycles. The highest BCUT2D eigenvalue weighted by Crippen LogP contribution is 2.43. The van der Waals surface area contributed by atoms with Crippen LogP contribution in [0.3, 0.4) is 0 Å². The van der Waals surface area contributed by atoms with Gasteiger partial charge in [-0.15, -0.1) is 0 Å². The van der Waals surface area contributed by atoms with Crippen LogP contribution in [0.4, 0.5) is 5.69 Å². The van der Waals surface area contributed by atoms with Crippen molar-refractivity contribution in [2.24, 2.45) is 0 Å². The molecule has 0 saturated carbocycles. The quantitative estimate of drug-likeness (QED) is 0.212. The highest BCUT2D eigenvalue weighted by molar-refractivity contribution is 6.51. The summed E-state index contributed by atoms with van der Waals surface area (Å²) >= 11 is 0. The van der Waals surface area contributed by atoms with Crippen LogP contribution in [0.15, 0.2) is 78.4 Å². The Balaban J connectivity index is 1.86. The second-order valence-electron chi connectivity index (χ2n) is 8.66. The third kappa shape index (κ3) is 5.45. The molecule has 1 amide bonds. The van der Waals surface area contributed by atoms with Gasteiger partial charge in [0.05, 0.1) is 31.9 Å². The zero-order valence-electron chi connectivity index (χ0n) is 21.3. The number of nitrogens with zero attached hydrogens (tertiary/aromatic N) is 1. The fraction of sp³-hybridized carbons (Fsp3) is 0.267. The minimum atomic E-state index is -0.862. The fourth-order valence-electron chi connectivity index (χ4n) is 4.26. The number of aliphatic hydroxyl groups is 1. The first kappa shape index (κ1) is 25.8. The maximum atomic E-state index is 13.4. The molecule has 192 valence electrons. The number of rotatable bonds is 10. The SMILES string of the molecule is CCCOc1cccc(/C(O)=C2/C(=O)C(=O)N(c3ccc(OC)cc3)C2c2cccc(OCCC)c2)c1. The average molecular weight is 502 g/mol. The lowest BCUT2D eigenvalue weighted by Crippen LogP contribution is -2.29. The number of carbonyl (C=O) groups excluding carboxylic acids is 2. The second kappa shape index (κ2) is 11.6. The van der Waals surface area contributed by atoms with Crippen molar-refractivity contribution in [3.05, 3.63) is 89.5 Å². The maximum absolute atomic E-state index is 13.4. The van der Waals surface area contributed by atoms with Crippen LogP contribution >= 0.6 is 0 Å². The number of Topliss-reactive ketones (excluding diaryl/α,β-unsaturated/α-hetero) is 1. The van der Waals surface area contributed by atoms with Gasteiger partial charge in [-0.05, 0) is 66.9 Å².